The molecule has 1 saturated heterocycles. The van der Waals surface area contributed by atoms with Gasteiger partial charge in [0.15, 0.2) is 0 Å². The van der Waals surface area contributed by atoms with Crippen molar-refractivity contribution in [3.63, 3.8) is 0 Å². The monoisotopic (exact) mass is 377 g/mol. The molecule has 2 N–H and O–H groups in total. The fraction of sp³-hybridized carbons (Fsp3) is 0.615. The Morgan fingerprint density at radius 1 is 1.47 bits per heavy atom. The van der Waals surface area contributed by atoms with Gasteiger partial charge in [-0.2, -0.15) is 0 Å². The predicted molar refractivity (Wildman–Crippen MR) is 84.8 cm³/mol. The first kappa shape index (κ1) is 14.8. The number of hydrogen-bond acceptors (Lipinski definition) is 5. The second-order valence-corrected chi connectivity index (χ2v) is 5.81. The predicted octanol–water partition coefficient (Wildman–Crippen LogP) is 1.71. The summed E-state index contributed by atoms with van der Waals surface area (Å²) in [6.45, 7) is 5.43. The van der Waals surface area contributed by atoms with Gasteiger partial charge in [-0.25, -0.2) is 4.98 Å². The molecule has 19 heavy (non-hydrogen) atoms. The fourth-order valence-corrected chi connectivity index (χ4v) is 2.57. The summed E-state index contributed by atoms with van der Waals surface area (Å²) >= 11 is 2.30. The Balaban J connectivity index is 2.13. The lowest BCUT2D eigenvalue weighted by molar-refractivity contribution is 0.122. The van der Waals surface area contributed by atoms with E-state index in [1.165, 1.54) is 0 Å². The number of halogens is 1. The van der Waals surface area contributed by atoms with Gasteiger partial charge in [-0.05, 0) is 41.1 Å². The molecule has 0 aliphatic carbocycles. The summed E-state index contributed by atoms with van der Waals surface area (Å²) in [6, 6.07) is 4.14. The number of ether oxygens (including phenoxy) is 1. The zero-order valence-electron chi connectivity index (χ0n) is 11.1. The number of nitrogens with zero attached hydrogens (tertiary/aromatic N) is 2. The standard InChI is InChI=1S/C13H20IN3O2/c1-2-11(9-18)15-12-7-10(14)8-13(16-12)17-3-5-19-6-4-17/h7-8,11,18H,2-6,9H2,1H3,(H,15,16)/t11-/m1/s1. The summed E-state index contributed by atoms with van der Waals surface area (Å²) in [6.07, 6.45) is 0.872. The molecular formula is C13H20IN3O2. The normalized spacial score (nSPS) is 17.3. The molecule has 0 bridgehead atoms. The molecule has 2 heterocycles. The van der Waals surface area contributed by atoms with Crippen molar-refractivity contribution in [2.45, 2.75) is 19.4 Å². The molecule has 1 atom stereocenters. The summed E-state index contributed by atoms with van der Waals surface area (Å²) in [4.78, 5) is 6.87. The highest BCUT2D eigenvalue weighted by atomic mass is 127. The van der Waals surface area contributed by atoms with Gasteiger partial charge in [-0.15, -0.1) is 0 Å². The third-order valence-corrected chi connectivity index (χ3v) is 3.80. The van der Waals surface area contributed by atoms with Crippen LogP contribution in [0.2, 0.25) is 0 Å². The van der Waals surface area contributed by atoms with E-state index in [1.807, 2.05) is 13.0 Å². The Hall–Kier alpha value is -0.600. The second kappa shape index (κ2) is 7.25. The molecule has 1 aliphatic heterocycles. The number of morpholine rings is 1. The van der Waals surface area contributed by atoms with Crippen LogP contribution in [0.25, 0.3) is 0 Å². The summed E-state index contributed by atoms with van der Waals surface area (Å²) in [5.41, 5.74) is 0. The number of anilines is 2. The van der Waals surface area contributed by atoms with Gasteiger partial charge in [0.1, 0.15) is 11.6 Å². The van der Waals surface area contributed by atoms with E-state index in [0.29, 0.717) is 0 Å². The number of rotatable bonds is 5. The maximum Gasteiger partial charge on any atom is 0.132 e. The molecule has 0 radical (unpaired) electrons. The largest absolute Gasteiger partial charge is 0.394 e. The zero-order chi connectivity index (χ0) is 13.7. The van der Waals surface area contributed by atoms with Crippen molar-refractivity contribution in [3.8, 4) is 0 Å². The van der Waals surface area contributed by atoms with Crippen LogP contribution in [-0.4, -0.2) is 49.0 Å². The van der Waals surface area contributed by atoms with E-state index < -0.39 is 0 Å². The minimum Gasteiger partial charge on any atom is -0.394 e. The number of hydrogen-bond donors (Lipinski definition) is 2. The van der Waals surface area contributed by atoms with Crippen LogP contribution < -0.4 is 10.2 Å². The van der Waals surface area contributed by atoms with Crippen molar-refractivity contribution in [3.05, 3.63) is 15.7 Å². The molecular weight excluding hydrogens is 357 g/mol. The smallest absolute Gasteiger partial charge is 0.132 e. The van der Waals surface area contributed by atoms with Crippen LogP contribution in [0.1, 0.15) is 13.3 Å². The molecule has 1 aromatic rings. The van der Waals surface area contributed by atoms with Crippen LogP contribution >= 0.6 is 22.6 Å². The van der Waals surface area contributed by atoms with Gasteiger partial charge in [-0.3, -0.25) is 0 Å². The molecule has 0 aromatic carbocycles. The van der Waals surface area contributed by atoms with Crippen LogP contribution in [0.3, 0.4) is 0 Å². The van der Waals surface area contributed by atoms with Gasteiger partial charge in [0.05, 0.1) is 25.9 Å². The van der Waals surface area contributed by atoms with Crippen molar-refractivity contribution >= 4 is 34.2 Å². The van der Waals surface area contributed by atoms with Crippen LogP contribution in [0.4, 0.5) is 11.6 Å². The molecule has 1 fully saturated rings. The van der Waals surface area contributed by atoms with Crippen molar-refractivity contribution in [2.24, 2.45) is 0 Å². The Kier molecular flexibility index (Phi) is 5.65. The topological polar surface area (TPSA) is 57.6 Å². The lowest BCUT2D eigenvalue weighted by Crippen LogP contribution is -2.37. The van der Waals surface area contributed by atoms with Gasteiger partial charge < -0.3 is 20.1 Å². The SMILES string of the molecule is CC[C@H](CO)Nc1cc(I)cc(N2CCOCC2)n1. The van der Waals surface area contributed by atoms with Gasteiger partial charge >= 0.3 is 0 Å². The average Bonchev–Trinajstić information content (AvgIpc) is 2.45. The molecule has 0 spiro atoms. The number of aliphatic hydroxyl groups is 1. The van der Waals surface area contributed by atoms with Crippen molar-refractivity contribution < 1.29 is 9.84 Å². The van der Waals surface area contributed by atoms with E-state index in [9.17, 15) is 5.11 Å². The Morgan fingerprint density at radius 3 is 2.84 bits per heavy atom. The van der Waals surface area contributed by atoms with Crippen LogP contribution in [0.5, 0.6) is 0 Å². The average molecular weight is 377 g/mol. The van der Waals surface area contributed by atoms with E-state index >= 15 is 0 Å². The number of aliphatic hydroxyl groups excluding tert-OH is 1. The molecule has 106 valence electrons. The minimum atomic E-state index is 0.0586. The van der Waals surface area contributed by atoms with Crippen LogP contribution in [-0.2, 0) is 4.74 Å². The van der Waals surface area contributed by atoms with Crippen molar-refractivity contribution in [1.82, 2.24) is 4.98 Å². The van der Waals surface area contributed by atoms with Gasteiger partial charge in [0.25, 0.3) is 0 Å². The van der Waals surface area contributed by atoms with Crippen molar-refractivity contribution in [2.75, 3.05) is 43.1 Å². The highest BCUT2D eigenvalue weighted by molar-refractivity contribution is 14.1. The zero-order valence-corrected chi connectivity index (χ0v) is 13.3. The number of pyridine rings is 1. The Bertz CT molecular complexity index is 407. The number of aromatic nitrogens is 1. The van der Waals surface area contributed by atoms with E-state index in [4.69, 9.17) is 4.74 Å². The van der Waals surface area contributed by atoms with E-state index in [-0.39, 0.29) is 12.6 Å². The van der Waals surface area contributed by atoms with E-state index in [0.717, 1.165) is 47.9 Å². The molecule has 5 nitrogen and oxygen atoms in total. The molecule has 2 rings (SSSR count). The highest BCUT2D eigenvalue weighted by Crippen LogP contribution is 2.21. The number of nitrogens with one attached hydrogen (secondary N) is 1. The van der Waals surface area contributed by atoms with Crippen LogP contribution in [0, 0.1) is 3.57 Å². The third-order valence-electron chi connectivity index (χ3n) is 3.18. The van der Waals surface area contributed by atoms with E-state index in [1.54, 1.807) is 0 Å². The Morgan fingerprint density at radius 2 is 2.21 bits per heavy atom. The highest BCUT2D eigenvalue weighted by Gasteiger charge is 2.14. The Labute approximate surface area is 127 Å². The third kappa shape index (κ3) is 4.19. The molecule has 1 aromatic heterocycles. The quantitative estimate of drug-likeness (QED) is 0.766. The van der Waals surface area contributed by atoms with E-state index in [2.05, 4.69) is 43.9 Å². The molecule has 0 saturated carbocycles. The lowest BCUT2D eigenvalue weighted by Gasteiger charge is -2.28. The first-order valence-corrected chi connectivity index (χ1v) is 7.68. The molecule has 1 aliphatic rings. The van der Waals surface area contributed by atoms with Crippen molar-refractivity contribution in [1.29, 1.82) is 0 Å². The fourth-order valence-electron chi connectivity index (χ4n) is 2.00. The summed E-state index contributed by atoms with van der Waals surface area (Å²) in [7, 11) is 0. The summed E-state index contributed by atoms with van der Waals surface area (Å²) in [5.74, 6) is 1.81. The lowest BCUT2D eigenvalue weighted by atomic mass is 10.2. The summed E-state index contributed by atoms with van der Waals surface area (Å²) in [5, 5.41) is 12.5. The van der Waals surface area contributed by atoms with Gasteiger partial charge in [-0.1, -0.05) is 6.92 Å². The first-order chi connectivity index (χ1) is 9.22. The van der Waals surface area contributed by atoms with Gasteiger partial charge in [0.2, 0.25) is 0 Å². The summed E-state index contributed by atoms with van der Waals surface area (Å²) < 4.78 is 6.50. The first-order valence-electron chi connectivity index (χ1n) is 6.60. The van der Waals surface area contributed by atoms with Crippen LogP contribution in [0.15, 0.2) is 12.1 Å². The molecule has 0 unspecified atom stereocenters. The second-order valence-electron chi connectivity index (χ2n) is 4.56. The maximum atomic E-state index is 9.26. The molecule has 0 amide bonds. The van der Waals surface area contributed by atoms with Gasteiger partial charge in [0, 0.05) is 16.7 Å². The molecule has 6 heteroatoms. The minimum absolute atomic E-state index is 0.0586. The maximum absolute atomic E-state index is 9.26.